The van der Waals surface area contributed by atoms with Crippen LogP contribution in [0.5, 0.6) is 0 Å². The molecule has 82 valence electrons. The second-order valence-electron chi connectivity index (χ2n) is 4.18. The Labute approximate surface area is 91.3 Å². The van der Waals surface area contributed by atoms with E-state index in [4.69, 9.17) is 0 Å². The van der Waals surface area contributed by atoms with Crippen LogP contribution in [0.3, 0.4) is 0 Å². The molecule has 0 aromatic carbocycles. The van der Waals surface area contributed by atoms with Crippen molar-refractivity contribution in [3.63, 3.8) is 0 Å². The molecule has 3 nitrogen and oxygen atoms in total. The van der Waals surface area contributed by atoms with E-state index in [1.54, 1.807) is 0 Å². The quantitative estimate of drug-likeness (QED) is 0.767. The maximum atomic E-state index is 4.49. The van der Waals surface area contributed by atoms with Gasteiger partial charge in [-0.1, -0.05) is 13.3 Å². The first-order chi connectivity index (χ1) is 7.31. The number of fused-ring (bicyclic) bond motifs is 1. The van der Waals surface area contributed by atoms with Gasteiger partial charge in [0.25, 0.3) is 0 Å². The summed E-state index contributed by atoms with van der Waals surface area (Å²) < 4.78 is 0. The maximum absolute atomic E-state index is 4.49. The lowest BCUT2D eigenvalue weighted by atomic mass is 10.2. The number of nitrogens with one attached hydrogen (secondary N) is 1. The van der Waals surface area contributed by atoms with Gasteiger partial charge in [0, 0.05) is 17.8 Å². The lowest BCUT2D eigenvalue weighted by molar-refractivity contribution is 0.826. The van der Waals surface area contributed by atoms with Gasteiger partial charge in [-0.15, -0.1) is 0 Å². The van der Waals surface area contributed by atoms with Crippen LogP contribution < -0.4 is 5.32 Å². The summed E-state index contributed by atoms with van der Waals surface area (Å²) in [6.45, 7) is 5.21. The second-order valence-corrected chi connectivity index (χ2v) is 4.18. The van der Waals surface area contributed by atoms with E-state index < -0.39 is 0 Å². The number of anilines is 1. The summed E-state index contributed by atoms with van der Waals surface area (Å²) in [5, 5.41) is 3.44. The van der Waals surface area contributed by atoms with Crippen LogP contribution in [0.2, 0.25) is 0 Å². The standard InChI is InChI=1S/C12H19N3/c1-3-4-8-13-12-10-6-5-7-11(10)14-9(2)15-12/h3-8H2,1-2H3,(H,13,14,15). The Balaban J connectivity index is 2.15. The monoisotopic (exact) mass is 205 g/mol. The van der Waals surface area contributed by atoms with Crippen molar-refractivity contribution in [2.45, 2.75) is 46.0 Å². The third-order valence-corrected chi connectivity index (χ3v) is 2.87. The summed E-state index contributed by atoms with van der Waals surface area (Å²) in [6, 6.07) is 0. The van der Waals surface area contributed by atoms with E-state index >= 15 is 0 Å². The van der Waals surface area contributed by atoms with Crippen molar-refractivity contribution < 1.29 is 0 Å². The highest BCUT2D eigenvalue weighted by molar-refractivity contribution is 5.48. The molecule has 0 saturated heterocycles. The van der Waals surface area contributed by atoms with Crippen LogP contribution in [-0.4, -0.2) is 16.5 Å². The number of unbranched alkanes of at least 4 members (excludes halogenated alkanes) is 1. The summed E-state index contributed by atoms with van der Waals surface area (Å²) in [5.74, 6) is 1.98. The Bertz CT molecular complexity index is 347. The zero-order valence-electron chi connectivity index (χ0n) is 9.64. The highest BCUT2D eigenvalue weighted by Crippen LogP contribution is 2.25. The molecule has 1 aliphatic rings. The summed E-state index contributed by atoms with van der Waals surface area (Å²) >= 11 is 0. The Kier molecular flexibility index (Phi) is 3.19. The Hall–Kier alpha value is -1.12. The third-order valence-electron chi connectivity index (χ3n) is 2.87. The first kappa shape index (κ1) is 10.4. The first-order valence-electron chi connectivity index (χ1n) is 5.91. The lowest BCUT2D eigenvalue weighted by Crippen LogP contribution is -2.08. The van der Waals surface area contributed by atoms with Gasteiger partial charge in [0.15, 0.2) is 0 Å². The van der Waals surface area contributed by atoms with Crippen LogP contribution in [-0.2, 0) is 12.8 Å². The van der Waals surface area contributed by atoms with Gasteiger partial charge in [0.05, 0.1) is 0 Å². The molecule has 15 heavy (non-hydrogen) atoms. The van der Waals surface area contributed by atoms with Crippen molar-refractivity contribution in [2.75, 3.05) is 11.9 Å². The molecule has 1 N–H and O–H groups in total. The van der Waals surface area contributed by atoms with Crippen molar-refractivity contribution in [1.29, 1.82) is 0 Å². The second kappa shape index (κ2) is 4.60. The largest absolute Gasteiger partial charge is 0.370 e. The predicted molar refractivity (Wildman–Crippen MR) is 62.2 cm³/mol. The molecular formula is C12H19N3. The molecule has 0 fully saturated rings. The number of hydrogen-bond donors (Lipinski definition) is 1. The lowest BCUT2D eigenvalue weighted by Gasteiger charge is -2.10. The Morgan fingerprint density at radius 2 is 2.13 bits per heavy atom. The van der Waals surface area contributed by atoms with E-state index in [0.29, 0.717) is 0 Å². The van der Waals surface area contributed by atoms with Gasteiger partial charge in [0.2, 0.25) is 0 Å². The van der Waals surface area contributed by atoms with Gasteiger partial charge in [-0.2, -0.15) is 0 Å². The molecule has 0 aliphatic heterocycles. The fourth-order valence-electron chi connectivity index (χ4n) is 2.09. The van der Waals surface area contributed by atoms with Gasteiger partial charge in [0.1, 0.15) is 11.6 Å². The SMILES string of the molecule is CCCCNc1nc(C)nc2c1CCC2. The van der Waals surface area contributed by atoms with Crippen LogP contribution in [0.4, 0.5) is 5.82 Å². The number of rotatable bonds is 4. The average molecular weight is 205 g/mol. The van der Waals surface area contributed by atoms with Crippen LogP contribution in [0.15, 0.2) is 0 Å². The molecular weight excluding hydrogens is 186 g/mol. The minimum absolute atomic E-state index is 0.898. The molecule has 0 unspecified atom stereocenters. The number of nitrogens with zero attached hydrogens (tertiary/aromatic N) is 2. The maximum Gasteiger partial charge on any atom is 0.133 e. The molecule has 3 heteroatoms. The van der Waals surface area contributed by atoms with Crippen LogP contribution >= 0.6 is 0 Å². The Morgan fingerprint density at radius 1 is 1.27 bits per heavy atom. The van der Waals surface area contributed by atoms with Crippen LogP contribution in [0.1, 0.15) is 43.3 Å². The predicted octanol–water partition coefficient (Wildman–Crippen LogP) is 2.49. The summed E-state index contributed by atoms with van der Waals surface area (Å²) in [6.07, 6.45) is 5.93. The van der Waals surface area contributed by atoms with Gasteiger partial charge >= 0.3 is 0 Å². The van der Waals surface area contributed by atoms with E-state index in [1.165, 1.54) is 30.5 Å². The smallest absolute Gasteiger partial charge is 0.133 e. The topological polar surface area (TPSA) is 37.8 Å². The summed E-state index contributed by atoms with van der Waals surface area (Å²) in [5.41, 5.74) is 2.62. The highest BCUT2D eigenvalue weighted by Gasteiger charge is 2.17. The minimum atomic E-state index is 0.898. The molecule has 2 rings (SSSR count). The summed E-state index contributed by atoms with van der Waals surface area (Å²) in [7, 11) is 0. The van der Waals surface area contributed by atoms with Crippen LogP contribution in [0, 0.1) is 6.92 Å². The zero-order valence-corrected chi connectivity index (χ0v) is 9.64. The van der Waals surface area contributed by atoms with Crippen molar-refractivity contribution in [2.24, 2.45) is 0 Å². The van der Waals surface area contributed by atoms with Crippen molar-refractivity contribution in [3.8, 4) is 0 Å². The fraction of sp³-hybridized carbons (Fsp3) is 0.667. The molecule has 1 aromatic rings. The van der Waals surface area contributed by atoms with Gasteiger partial charge in [-0.05, 0) is 32.6 Å². The third kappa shape index (κ3) is 2.28. The molecule has 0 saturated carbocycles. The van der Waals surface area contributed by atoms with Crippen molar-refractivity contribution in [1.82, 2.24) is 9.97 Å². The van der Waals surface area contributed by atoms with Crippen molar-refractivity contribution >= 4 is 5.82 Å². The zero-order chi connectivity index (χ0) is 10.7. The molecule has 0 atom stereocenters. The van der Waals surface area contributed by atoms with E-state index in [0.717, 1.165) is 31.0 Å². The number of aromatic nitrogens is 2. The van der Waals surface area contributed by atoms with E-state index in [2.05, 4.69) is 22.2 Å². The molecule has 1 heterocycles. The average Bonchev–Trinajstić information content (AvgIpc) is 2.65. The molecule has 1 aliphatic carbocycles. The number of hydrogen-bond acceptors (Lipinski definition) is 3. The number of aryl methyl sites for hydroxylation is 2. The first-order valence-corrected chi connectivity index (χ1v) is 5.91. The minimum Gasteiger partial charge on any atom is -0.370 e. The van der Waals surface area contributed by atoms with E-state index in [-0.39, 0.29) is 0 Å². The molecule has 0 spiro atoms. The normalized spacial score (nSPS) is 14.0. The van der Waals surface area contributed by atoms with Gasteiger partial charge in [-0.25, -0.2) is 9.97 Å². The van der Waals surface area contributed by atoms with Gasteiger partial charge in [-0.3, -0.25) is 0 Å². The molecule has 0 radical (unpaired) electrons. The van der Waals surface area contributed by atoms with E-state index in [1.807, 2.05) is 6.92 Å². The summed E-state index contributed by atoms with van der Waals surface area (Å²) in [4.78, 5) is 8.99. The molecule has 0 amide bonds. The fourth-order valence-corrected chi connectivity index (χ4v) is 2.09. The van der Waals surface area contributed by atoms with E-state index in [9.17, 15) is 0 Å². The van der Waals surface area contributed by atoms with Crippen LogP contribution in [0.25, 0.3) is 0 Å². The van der Waals surface area contributed by atoms with Crippen molar-refractivity contribution in [3.05, 3.63) is 17.1 Å². The molecule has 0 bridgehead atoms. The Morgan fingerprint density at radius 3 is 2.93 bits per heavy atom. The van der Waals surface area contributed by atoms with Gasteiger partial charge < -0.3 is 5.32 Å². The molecule has 1 aromatic heterocycles. The highest BCUT2D eigenvalue weighted by atomic mass is 15.0.